The van der Waals surface area contributed by atoms with Gasteiger partial charge < -0.3 is 15.7 Å². The fourth-order valence-corrected chi connectivity index (χ4v) is 2.53. The van der Waals surface area contributed by atoms with Crippen LogP contribution in [0, 0.1) is 0 Å². The second-order valence-electron chi connectivity index (χ2n) is 4.56. The third kappa shape index (κ3) is 4.26. The van der Waals surface area contributed by atoms with Gasteiger partial charge in [0.15, 0.2) is 0 Å². The second-order valence-corrected chi connectivity index (χ2v) is 5.42. The molecule has 1 aromatic carbocycles. The Kier molecular flexibility index (Phi) is 6.68. The summed E-state index contributed by atoms with van der Waals surface area (Å²) in [6.45, 7) is 5.95. The van der Waals surface area contributed by atoms with Crippen molar-refractivity contribution in [1.82, 2.24) is 0 Å². The van der Waals surface area contributed by atoms with Crippen molar-refractivity contribution < 1.29 is 5.11 Å². The van der Waals surface area contributed by atoms with Gasteiger partial charge in [-0.2, -0.15) is 0 Å². The first-order chi connectivity index (χ1) is 8.60. The zero-order valence-corrected chi connectivity index (χ0v) is 12.8. The monoisotopic (exact) mass is 314 g/mol. The van der Waals surface area contributed by atoms with Gasteiger partial charge in [-0.1, -0.05) is 19.4 Å². The van der Waals surface area contributed by atoms with Gasteiger partial charge in [-0.15, -0.1) is 0 Å². The largest absolute Gasteiger partial charge is 0.395 e. The molecule has 0 saturated carbocycles. The summed E-state index contributed by atoms with van der Waals surface area (Å²) in [5.74, 6) is 0. The predicted octanol–water partition coefficient (Wildman–Crippen LogP) is 3.07. The van der Waals surface area contributed by atoms with Crippen LogP contribution in [0.3, 0.4) is 0 Å². The molecule has 0 fully saturated rings. The Balaban J connectivity index is 2.90. The number of nitrogens with two attached hydrogens (primary N) is 1. The number of aliphatic hydroxyl groups excluding tert-OH is 1. The van der Waals surface area contributed by atoms with Crippen molar-refractivity contribution in [2.75, 3.05) is 24.6 Å². The minimum absolute atomic E-state index is 0.0392. The summed E-state index contributed by atoms with van der Waals surface area (Å²) >= 11 is 3.60. The number of halogens is 1. The molecule has 0 heterocycles. The number of nitrogens with zero attached hydrogens (tertiary/aromatic N) is 1. The summed E-state index contributed by atoms with van der Waals surface area (Å²) in [6, 6.07) is 6.24. The van der Waals surface area contributed by atoms with Crippen molar-refractivity contribution in [3.05, 3.63) is 28.2 Å². The van der Waals surface area contributed by atoms with Crippen LogP contribution in [0.25, 0.3) is 0 Å². The first kappa shape index (κ1) is 15.5. The van der Waals surface area contributed by atoms with Crippen molar-refractivity contribution in [3.63, 3.8) is 0 Å². The number of rotatable bonds is 7. The molecule has 0 radical (unpaired) electrons. The normalized spacial score (nSPS) is 12.5. The Morgan fingerprint density at radius 2 is 2.11 bits per heavy atom. The number of benzene rings is 1. The van der Waals surface area contributed by atoms with E-state index in [0.717, 1.165) is 35.1 Å². The van der Waals surface area contributed by atoms with E-state index in [0.29, 0.717) is 6.54 Å². The van der Waals surface area contributed by atoms with Crippen molar-refractivity contribution in [2.45, 2.75) is 32.7 Å². The lowest BCUT2D eigenvalue weighted by Gasteiger charge is -2.25. The molecular formula is C14H23BrN2O. The number of anilines is 1. The lowest BCUT2D eigenvalue weighted by Crippen LogP contribution is -2.28. The highest BCUT2D eigenvalue weighted by atomic mass is 79.9. The van der Waals surface area contributed by atoms with Crippen molar-refractivity contribution in [3.8, 4) is 0 Å². The summed E-state index contributed by atoms with van der Waals surface area (Å²) in [4.78, 5) is 2.21. The molecule has 3 N–H and O–H groups in total. The Bertz CT molecular complexity index is 369. The Morgan fingerprint density at radius 1 is 1.39 bits per heavy atom. The van der Waals surface area contributed by atoms with Gasteiger partial charge in [-0.3, -0.25) is 0 Å². The highest BCUT2D eigenvalue weighted by Crippen LogP contribution is 2.29. The molecule has 0 saturated heterocycles. The predicted molar refractivity (Wildman–Crippen MR) is 81.0 cm³/mol. The first-order valence-electron chi connectivity index (χ1n) is 6.51. The molecule has 0 unspecified atom stereocenters. The number of hydrogen-bond acceptors (Lipinski definition) is 3. The van der Waals surface area contributed by atoms with E-state index < -0.39 is 0 Å². The van der Waals surface area contributed by atoms with E-state index in [2.05, 4.69) is 46.0 Å². The van der Waals surface area contributed by atoms with E-state index in [1.807, 2.05) is 6.92 Å². The molecule has 0 aromatic heterocycles. The number of aliphatic hydroxyl groups is 1. The van der Waals surface area contributed by atoms with E-state index in [9.17, 15) is 0 Å². The molecule has 0 aliphatic carbocycles. The van der Waals surface area contributed by atoms with Gasteiger partial charge in [0.2, 0.25) is 0 Å². The van der Waals surface area contributed by atoms with Crippen LogP contribution in [0.4, 0.5) is 5.69 Å². The summed E-state index contributed by atoms with van der Waals surface area (Å²) in [5, 5.41) is 9.15. The molecule has 0 aliphatic rings. The zero-order chi connectivity index (χ0) is 13.5. The quantitative estimate of drug-likeness (QED) is 0.813. The molecule has 3 nitrogen and oxygen atoms in total. The maximum absolute atomic E-state index is 9.15. The first-order valence-corrected chi connectivity index (χ1v) is 7.30. The van der Waals surface area contributed by atoms with Crippen LogP contribution >= 0.6 is 15.9 Å². The third-order valence-electron chi connectivity index (χ3n) is 2.99. The van der Waals surface area contributed by atoms with Crippen molar-refractivity contribution >= 4 is 21.6 Å². The highest BCUT2D eigenvalue weighted by Gasteiger charge is 2.11. The van der Waals surface area contributed by atoms with E-state index in [4.69, 9.17) is 10.8 Å². The molecule has 18 heavy (non-hydrogen) atoms. The van der Waals surface area contributed by atoms with Gasteiger partial charge in [-0.25, -0.2) is 0 Å². The van der Waals surface area contributed by atoms with Crippen LogP contribution in [0.1, 0.15) is 38.3 Å². The molecule has 1 atom stereocenters. The maximum Gasteiger partial charge on any atom is 0.0606 e. The fourth-order valence-electron chi connectivity index (χ4n) is 1.89. The van der Waals surface area contributed by atoms with E-state index in [1.54, 1.807) is 0 Å². The standard InChI is InChI=1S/C14H23BrN2O/c1-3-4-7-17(8-9-18)14-6-5-12(11(2)16)10-13(14)15/h5-6,10-11,18H,3-4,7-9,16H2,1-2H3/t11-/m0/s1. The van der Waals surface area contributed by atoms with Crippen LogP contribution in [0.5, 0.6) is 0 Å². The maximum atomic E-state index is 9.15. The van der Waals surface area contributed by atoms with Crippen LogP contribution in [0.15, 0.2) is 22.7 Å². The molecule has 102 valence electrons. The molecule has 0 bridgehead atoms. The third-order valence-corrected chi connectivity index (χ3v) is 3.62. The summed E-state index contributed by atoms with van der Waals surface area (Å²) in [5.41, 5.74) is 8.12. The van der Waals surface area contributed by atoms with Crippen molar-refractivity contribution in [2.24, 2.45) is 5.73 Å². The highest BCUT2D eigenvalue weighted by molar-refractivity contribution is 9.10. The van der Waals surface area contributed by atoms with Crippen LogP contribution < -0.4 is 10.6 Å². The number of unbranched alkanes of at least 4 members (excludes halogenated alkanes) is 1. The van der Waals surface area contributed by atoms with Gasteiger partial charge in [0.05, 0.1) is 12.3 Å². The molecule has 0 aliphatic heterocycles. The fraction of sp³-hybridized carbons (Fsp3) is 0.571. The summed E-state index contributed by atoms with van der Waals surface area (Å²) in [6.07, 6.45) is 2.28. The minimum Gasteiger partial charge on any atom is -0.395 e. The Morgan fingerprint density at radius 3 is 2.61 bits per heavy atom. The lowest BCUT2D eigenvalue weighted by molar-refractivity contribution is 0.301. The van der Waals surface area contributed by atoms with Gasteiger partial charge in [0, 0.05) is 23.6 Å². The summed E-state index contributed by atoms with van der Waals surface area (Å²) in [7, 11) is 0. The van der Waals surface area contributed by atoms with Gasteiger partial charge in [-0.05, 0) is 47.0 Å². The van der Waals surface area contributed by atoms with Crippen LogP contribution in [-0.4, -0.2) is 24.8 Å². The molecule has 0 amide bonds. The van der Waals surface area contributed by atoms with Gasteiger partial charge in [0.25, 0.3) is 0 Å². The van der Waals surface area contributed by atoms with Gasteiger partial charge >= 0.3 is 0 Å². The molecule has 1 aromatic rings. The lowest BCUT2D eigenvalue weighted by atomic mass is 10.1. The smallest absolute Gasteiger partial charge is 0.0606 e. The van der Waals surface area contributed by atoms with E-state index >= 15 is 0 Å². The Labute approximate surface area is 118 Å². The molecule has 4 heteroatoms. The van der Waals surface area contributed by atoms with Crippen LogP contribution in [0.2, 0.25) is 0 Å². The van der Waals surface area contributed by atoms with E-state index in [1.165, 1.54) is 0 Å². The van der Waals surface area contributed by atoms with Crippen molar-refractivity contribution in [1.29, 1.82) is 0 Å². The average Bonchev–Trinajstić information content (AvgIpc) is 2.34. The topological polar surface area (TPSA) is 49.5 Å². The minimum atomic E-state index is 0.0392. The zero-order valence-electron chi connectivity index (χ0n) is 11.2. The molecular weight excluding hydrogens is 292 g/mol. The number of hydrogen-bond donors (Lipinski definition) is 2. The van der Waals surface area contributed by atoms with Gasteiger partial charge in [0.1, 0.15) is 0 Å². The van der Waals surface area contributed by atoms with E-state index in [-0.39, 0.29) is 12.6 Å². The van der Waals surface area contributed by atoms with Crippen LogP contribution in [-0.2, 0) is 0 Å². The molecule has 1 rings (SSSR count). The SMILES string of the molecule is CCCCN(CCO)c1ccc([C@H](C)N)cc1Br. The average molecular weight is 315 g/mol. The summed E-state index contributed by atoms with van der Waals surface area (Å²) < 4.78 is 1.04. The Hall–Kier alpha value is -0.580. The second kappa shape index (κ2) is 7.77. The molecule has 0 spiro atoms.